The Labute approximate surface area is 82.6 Å². The van der Waals surface area contributed by atoms with Crippen molar-refractivity contribution in [2.24, 2.45) is 5.10 Å². The molecule has 74 valence electrons. The predicted octanol–water partition coefficient (Wildman–Crippen LogP) is 1.17. The van der Waals surface area contributed by atoms with E-state index in [0.717, 1.165) is 11.3 Å². The molecule has 0 aliphatic carbocycles. The van der Waals surface area contributed by atoms with Gasteiger partial charge in [0.2, 0.25) is 5.91 Å². The SMILES string of the molecule is COc1cccc(C=NNC(C)=O)c1. The van der Waals surface area contributed by atoms with Gasteiger partial charge < -0.3 is 4.74 Å². The van der Waals surface area contributed by atoms with Gasteiger partial charge in [-0.3, -0.25) is 4.79 Å². The molecule has 4 nitrogen and oxygen atoms in total. The molecule has 14 heavy (non-hydrogen) atoms. The molecule has 0 aliphatic heterocycles. The average molecular weight is 192 g/mol. The minimum absolute atomic E-state index is 0.191. The van der Waals surface area contributed by atoms with Crippen molar-refractivity contribution in [3.63, 3.8) is 0 Å². The van der Waals surface area contributed by atoms with E-state index in [-0.39, 0.29) is 5.91 Å². The topological polar surface area (TPSA) is 50.7 Å². The molecule has 0 atom stereocenters. The van der Waals surface area contributed by atoms with E-state index in [1.54, 1.807) is 13.3 Å². The number of benzene rings is 1. The summed E-state index contributed by atoms with van der Waals surface area (Å²) in [5, 5.41) is 3.74. The maximum Gasteiger partial charge on any atom is 0.236 e. The fraction of sp³-hybridized carbons (Fsp3) is 0.200. The summed E-state index contributed by atoms with van der Waals surface area (Å²) in [7, 11) is 1.60. The molecule has 1 rings (SSSR count). The number of nitrogens with zero attached hydrogens (tertiary/aromatic N) is 1. The van der Waals surface area contributed by atoms with Crippen molar-refractivity contribution < 1.29 is 9.53 Å². The van der Waals surface area contributed by atoms with Crippen LogP contribution in [0.2, 0.25) is 0 Å². The van der Waals surface area contributed by atoms with Crippen LogP contribution in [0.15, 0.2) is 29.4 Å². The first-order chi connectivity index (χ1) is 6.72. The Bertz CT molecular complexity index is 348. The van der Waals surface area contributed by atoms with Crippen LogP contribution in [0.4, 0.5) is 0 Å². The van der Waals surface area contributed by atoms with Gasteiger partial charge in [-0.25, -0.2) is 5.43 Å². The third kappa shape index (κ3) is 3.26. The lowest BCUT2D eigenvalue weighted by Crippen LogP contribution is -2.12. The van der Waals surface area contributed by atoms with Gasteiger partial charge >= 0.3 is 0 Å². The first-order valence-electron chi connectivity index (χ1n) is 4.16. The Morgan fingerprint density at radius 2 is 2.36 bits per heavy atom. The first kappa shape index (κ1) is 10.2. The fourth-order valence-electron chi connectivity index (χ4n) is 0.920. The molecule has 0 radical (unpaired) electrons. The first-order valence-corrected chi connectivity index (χ1v) is 4.16. The maximum atomic E-state index is 10.5. The van der Waals surface area contributed by atoms with Crippen LogP contribution in [-0.4, -0.2) is 19.2 Å². The number of methoxy groups -OCH3 is 1. The van der Waals surface area contributed by atoms with Gasteiger partial charge in [0.05, 0.1) is 13.3 Å². The molecule has 0 heterocycles. The summed E-state index contributed by atoms with van der Waals surface area (Å²) >= 11 is 0. The quantitative estimate of drug-likeness (QED) is 0.577. The number of hydrazone groups is 1. The molecule has 0 unspecified atom stereocenters. The van der Waals surface area contributed by atoms with Crippen LogP contribution < -0.4 is 10.2 Å². The molecule has 4 heteroatoms. The molecule has 0 saturated carbocycles. The Balaban J connectivity index is 2.66. The normalized spacial score (nSPS) is 10.1. The number of rotatable bonds is 3. The van der Waals surface area contributed by atoms with Gasteiger partial charge in [0.1, 0.15) is 5.75 Å². The highest BCUT2D eigenvalue weighted by Crippen LogP contribution is 2.10. The van der Waals surface area contributed by atoms with Gasteiger partial charge in [-0.2, -0.15) is 5.10 Å². The number of amides is 1. The minimum atomic E-state index is -0.191. The van der Waals surface area contributed by atoms with E-state index >= 15 is 0 Å². The molecule has 1 amide bonds. The van der Waals surface area contributed by atoms with Gasteiger partial charge in [0.25, 0.3) is 0 Å². The summed E-state index contributed by atoms with van der Waals surface area (Å²) in [4.78, 5) is 10.5. The number of nitrogens with one attached hydrogen (secondary N) is 1. The summed E-state index contributed by atoms with van der Waals surface area (Å²) in [6.07, 6.45) is 1.56. The maximum absolute atomic E-state index is 10.5. The molecule has 0 bridgehead atoms. The number of carbonyl (C=O) groups excluding carboxylic acids is 1. The molecule has 1 N–H and O–H groups in total. The Kier molecular flexibility index (Phi) is 3.67. The zero-order valence-electron chi connectivity index (χ0n) is 8.15. The van der Waals surface area contributed by atoms with Gasteiger partial charge in [-0.1, -0.05) is 12.1 Å². The number of hydrogen-bond acceptors (Lipinski definition) is 3. The van der Waals surface area contributed by atoms with Crippen LogP contribution in [-0.2, 0) is 4.79 Å². The molecule has 0 spiro atoms. The van der Waals surface area contributed by atoms with Crippen molar-refractivity contribution in [1.29, 1.82) is 0 Å². The van der Waals surface area contributed by atoms with Gasteiger partial charge in [-0.15, -0.1) is 0 Å². The van der Waals surface area contributed by atoms with E-state index in [4.69, 9.17) is 4.74 Å². The predicted molar refractivity (Wildman–Crippen MR) is 54.4 cm³/mol. The zero-order valence-corrected chi connectivity index (χ0v) is 8.15. The molecule has 0 fully saturated rings. The van der Waals surface area contributed by atoms with E-state index in [1.807, 2.05) is 24.3 Å². The van der Waals surface area contributed by atoms with Gasteiger partial charge in [-0.05, 0) is 17.7 Å². The second kappa shape index (κ2) is 5.01. The largest absolute Gasteiger partial charge is 0.497 e. The van der Waals surface area contributed by atoms with E-state index in [2.05, 4.69) is 10.5 Å². The van der Waals surface area contributed by atoms with Crippen LogP contribution >= 0.6 is 0 Å². The molecular formula is C10H12N2O2. The van der Waals surface area contributed by atoms with Crippen molar-refractivity contribution in [3.8, 4) is 5.75 Å². The highest BCUT2D eigenvalue weighted by atomic mass is 16.5. The fourth-order valence-corrected chi connectivity index (χ4v) is 0.920. The molecule has 0 saturated heterocycles. The smallest absolute Gasteiger partial charge is 0.236 e. The zero-order chi connectivity index (χ0) is 10.4. The monoisotopic (exact) mass is 192 g/mol. The Morgan fingerprint density at radius 1 is 1.57 bits per heavy atom. The number of ether oxygens (including phenoxy) is 1. The summed E-state index contributed by atoms with van der Waals surface area (Å²) in [5.41, 5.74) is 3.19. The van der Waals surface area contributed by atoms with E-state index in [1.165, 1.54) is 6.92 Å². The van der Waals surface area contributed by atoms with E-state index in [9.17, 15) is 4.79 Å². The summed E-state index contributed by atoms with van der Waals surface area (Å²) in [6.45, 7) is 1.41. The highest BCUT2D eigenvalue weighted by molar-refractivity contribution is 5.82. The molecular weight excluding hydrogens is 180 g/mol. The second-order valence-corrected chi connectivity index (χ2v) is 2.70. The third-order valence-corrected chi connectivity index (χ3v) is 1.53. The molecule has 0 aliphatic rings. The minimum Gasteiger partial charge on any atom is -0.497 e. The summed E-state index contributed by atoms with van der Waals surface area (Å²) in [6, 6.07) is 7.39. The number of hydrogen-bond donors (Lipinski definition) is 1. The van der Waals surface area contributed by atoms with Crippen LogP contribution in [0.25, 0.3) is 0 Å². The summed E-state index contributed by atoms with van der Waals surface area (Å²) in [5.74, 6) is 0.570. The second-order valence-electron chi connectivity index (χ2n) is 2.70. The van der Waals surface area contributed by atoms with Crippen LogP contribution in [0.3, 0.4) is 0 Å². The van der Waals surface area contributed by atoms with E-state index < -0.39 is 0 Å². The van der Waals surface area contributed by atoms with Crippen LogP contribution in [0.5, 0.6) is 5.75 Å². The summed E-state index contributed by atoms with van der Waals surface area (Å²) < 4.78 is 5.03. The highest BCUT2D eigenvalue weighted by Gasteiger charge is 1.91. The lowest BCUT2D eigenvalue weighted by molar-refractivity contribution is -0.118. The Morgan fingerprint density at radius 3 is 3.00 bits per heavy atom. The molecule has 1 aromatic carbocycles. The van der Waals surface area contributed by atoms with E-state index in [0.29, 0.717) is 0 Å². The van der Waals surface area contributed by atoms with Crippen molar-refractivity contribution in [1.82, 2.24) is 5.43 Å². The van der Waals surface area contributed by atoms with Crippen molar-refractivity contribution >= 4 is 12.1 Å². The average Bonchev–Trinajstić information content (AvgIpc) is 2.18. The standard InChI is InChI=1S/C10H12N2O2/c1-8(13)12-11-7-9-4-3-5-10(6-9)14-2/h3-7H,1-2H3,(H,12,13). The van der Waals surface area contributed by atoms with Gasteiger partial charge in [0.15, 0.2) is 0 Å². The van der Waals surface area contributed by atoms with Crippen molar-refractivity contribution in [3.05, 3.63) is 29.8 Å². The lowest BCUT2D eigenvalue weighted by Gasteiger charge is -1.99. The number of carbonyl (C=O) groups is 1. The van der Waals surface area contributed by atoms with Crippen LogP contribution in [0, 0.1) is 0 Å². The van der Waals surface area contributed by atoms with Gasteiger partial charge in [0, 0.05) is 6.92 Å². The third-order valence-electron chi connectivity index (χ3n) is 1.53. The molecule has 0 aromatic heterocycles. The molecule has 1 aromatic rings. The Hall–Kier alpha value is -1.84. The van der Waals surface area contributed by atoms with Crippen molar-refractivity contribution in [2.75, 3.05) is 7.11 Å². The van der Waals surface area contributed by atoms with Crippen molar-refractivity contribution in [2.45, 2.75) is 6.92 Å². The van der Waals surface area contributed by atoms with Crippen LogP contribution in [0.1, 0.15) is 12.5 Å². The lowest BCUT2D eigenvalue weighted by atomic mass is 10.2.